The average molecular weight is 209 g/mol. The molecule has 2 rings (SSSR count). The molecule has 0 aliphatic carbocycles. The lowest BCUT2D eigenvalue weighted by Gasteiger charge is -1.95. The zero-order valence-corrected chi connectivity index (χ0v) is 8.94. The van der Waals surface area contributed by atoms with E-state index in [4.69, 9.17) is 0 Å². The predicted molar refractivity (Wildman–Crippen MR) is 56.8 cm³/mol. The molecular weight excluding hydrogens is 198 g/mol. The van der Waals surface area contributed by atoms with Crippen LogP contribution in [0.15, 0.2) is 4.79 Å². The van der Waals surface area contributed by atoms with Crippen LogP contribution in [0.25, 0.3) is 11.0 Å². The quantitative estimate of drug-likeness (QED) is 0.815. The molecule has 2 aromatic rings. The molecule has 2 heterocycles. The van der Waals surface area contributed by atoms with Gasteiger partial charge in [-0.2, -0.15) is 4.37 Å². The Morgan fingerprint density at radius 2 is 2.14 bits per heavy atom. The van der Waals surface area contributed by atoms with Crippen molar-refractivity contribution >= 4 is 22.6 Å². The molecule has 0 atom stereocenters. The summed E-state index contributed by atoms with van der Waals surface area (Å²) in [6.07, 6.45) is 1.56. The molecule has 0 aliphatic rings. The van der Waals surface area contributed by atoms with E-state index in [1.807, 2.05) is 13.8 Å². The maximum absolute atomic E-state index is 11.7. The highest BCUT2D eigenvalue weighted by atomic mass is 32.1. The van der Waals surface area contributed by atoms with Crippen LogP contribution in [0.4, 0.5) is 0 Å². The molecule has 0 amide bonds. The molecule has 0 spiro atoms. The molecule has 1 N–H and O–H groups in total. The summed E-state index contributed by atoms with van der Waals surface area (Å²) in [5.74, 6) is 0.704. The maximum atomic E-state index is 11.7. The van der Waals surface area contributed by atoms with Gasteiger partial charge < -0.3 is 4.98 Å². The first-order valence-electron chi connectivity index (χ1n) is 4.63. The van der Waals surface area contributed by atoms with Crippen LogP contribution in [0.5, 0.6) is 0 Å². The summed E-state index contributed by atoms with van der Waals surface area (Å²) < 4.78 is 4.17. The summed E-state index contributed by atoms with van der Waals surface area (Å²) in [7, 11) is 0. The Bertz CT molecular complexity index is 514. The number of nitrogens with zero attached hydrogens (tertiary/aromatic N) is 2. The lowest BCUT2D eigenvalue weighted by Crippen LogP contribution is -2.11. The number of aromatic nitrogens is 3. The normalized spacial score (nSPS) is 11.0. The molecule has 0 saturated carbocycles. The van der Waals surface area contributed by atoms with Gasteiger partial charge in [-0.25, -0.2) is 4.98 Å². The van der Waals surface area contributed by atoms with Crippen molar-refractivity contribution in [3.63, 3.8) is 0 Å². The monoisotopic (exact) mass is 209 g/mol. The molecular formula is C9H11N3OS. The van der Waals surface area contributed by atoms with Crippen molar-refractivity contribution < 1.29 is 0 Å². The summed E-state index contributed by atoms with van der Waals surface area (Å²) in [6.45, 7) is 3.97. The Balaban J connectivity index is 2.79. The first-order valence-corrected chi connectivity index (χ1v) is 5.41. The molecule has 4 nitrogen and oxygen atoms in total. The molecule has 0 radical (unpaired) electrons. The third kappa shape index (κ3) is 1.33. The number of aromatic amines is 1. The second kappa shape index (κ2) is 3.49. The summed E-state index contributed by atoms with van der Waals surface area (Å²) in [6, 6.07) is 0. The number of hydrogen-bond acceptors (Lipinski definition) is 4. The third-order valence-corrected chi connectivity index (χ3v) is 3.10. The molecule has 0 fully saturated rings. The van der Waals surface area contributed by atoms with Gasteiger partial charge in [-0.05, 0) is 18.0 Å². The summed E-state index contributed by atoms with van der Waals surface area (Å²) >= 11 is 1.36. The fraction of sp³-hybridized carbons (Fsp3) is 0.444. The first-order chi connectivity index (χ1) is 6.76. The molecule has 0 unspecified atom stereocenters. The van der Waals surface area contributed by atoms with Gasteiger partial charge in [-0.3, -0.25) is 4.79 Å². The van der Waals surface area contributed by atoms with Crippen LogP contribution in [-0.4, -0.2) is 14.3 Å². The van der Waals surface area contributed by atoms with Gasteiger partial charge in [-0.1, -0.05) is 13.8 Å². The third-order valence-electron chi connectivity index (χ3n) is 2.13. The van der Waals surface area contributed by atoms with E-state index >= 15 is 0 Å². The average Bonchev–Trinajstić information content (AvgIpc) is 2.61. The van der Waals surface area contributed by atoms with Gasteiger partial charge in [0, 0.05) is 11.3 Å². The zero-order chi connectivity index (χ0) is 10.1. The number of rotatable bonds is 2. The van der Waals surface area contributed by atoms with Crippen molar-refractivity contribution in [2.75, 3.05) is 0 Å². The van der Waals surface area contributed by atoms with Crippen molar-refractivity contribution in [2.24, 2.45) is 0 Å². The Labute approximate surface area is 85.2 Å². The Hall–Kier alpha value is -1.23. The second-order valence-electron chi connectivity index (χ2n) is 3.02. The van der Waals surface area contributed by atoms with Crippen molar-refractivity contribution in [3.8, 4) is 0 Å². The van der Waals surface area contributed by atoms with E-state index in [2.05, 4.69) is 14.3 Å². The number of hydrogen-bond donors (Lipinski definition) is 1. The fourth-order valence-electron chi connectivity index (χ4n) is 1.38. The van der Waals surface area contributed by atoms with E-state index < -0.39 is 0 Å². The molecule has 5 heteroatoms. The standard InChI is InChI=1S/C9H11N3OS/c1-3-5-7-8(12-14-5)10-6(4-2)11-9(7)13/h3-4H2,1-2H3,(H,10,11,12,13). The van der Waals surface area contributed by atoms with Crippen LogP contribution in [0.2, 0.25) is 0 Å². The highest BCUT2D eigenvalue weighted by molar-refractivity contribution is 7.07. The minimum atomic E-state index is -0.0579. The van der Waals surface area contributed by atoms with E-state index in [9.17, 15) is 4.79 Å². The highest BCUT2D eigenvalue weighted by Crippen LogP contribution is 2.17. The van der Waals surface area contributed by atoms with Gasteiger partial charge in [0.05, 0.1) is 0 Å². The number of nitrogens with one attached hydrogen (secondary N) is 1. The van der Waals surface area contributed by atoms with Crippen molar-refractivity contribution in [2.45, 2.75) is 26.7 Å². The van der Waals surface area contributed by atoms with Gasteiger partial charge in [0.1, 0.15) is 11.2 Å². The Kier molecular flexibility index (Phi) is 2.33. The SMILES string of the molecule is CCc1nc2nsc(CC)c2c(=O)[nH]1. The second-order valence-corrected chi connectivity index (χ2v) is 3.88. The Morgan fingerprint density at radius 1 is 1.36 bits per heavy atom. The lowest BCUT2D eigenvalue weighted by atomic mass is 10.3. The molecule has 0 bridgehead atoms. The van der Waals surface area contributed by atoms with E-state index in [0.717, 1.165) is 17.7 Å². The molecule has 74 valence electrons. The van der Waals surface area contributed by atoms with Gasteiger partial charge in [0.25, 0.3) is 5.56 Å². The van der Waals surface area contributed by atoms with Crippen LogP contribution in [0.1, 0.15) is 24.5 Å². The smallest absolute Gasteiger partial charge is 0.261 e. The Morgan fingerprint density at radius 3 is 2.79 bits per heavy atom. The maximum Gasteiger partial charge on any atom is 0.261 e. The minimum Gasteiger partial charge on any atom is -0.310 e. The van der Waals surface area contributed by atoms with Crippen LogP contribution in [0, 0.1) is 0 Å². The minimum absolute atomic E-state index is 0.0579. The summed E-state index contributed by atoms with van der Waals surface area (Å²) in [5.41, 5.74) is 0.532. The summed E-state index contributed by atoms with van der Waals surface area (Å²) in [5, 5.41) is 0.662. The van der Waals surface area contributed by atoms with Crippen LogP contribution in [0.3, 0.4) is 0 Å². The fourth-order valence-corrected chi connectivity index (χ4v) is 2.11. The summed E-state index contributed by atoms with van der Waals surface area (Å²) in [4.78, 5) is 19.7. The highest BCUT2D eigenvalue weighted by Gasteiger charge is 2.10. The molecule has 2 aromatic heterocycles. The van der Waals surface area contributed by atoms with E-state index in [1.54, 1.807) is 0 Å². The van der Waals surface area contributed by atoms with Gasteiger partial charge in [-0.15, -0.1) is 0 Å². The van der Waals surface area contributed by atoms with E-state index in [0.29, 0.717) is 16.9 Å². The van der Waals surface area contributed by atoms with Crippen LogP contribution in [-0.2, 0) is 12.8 Å². The largest absolute Gasteiger partial charge is 0.310 e. The molecule has 0 aliphatic heterocycles. The van der Waals surface area contributed by atoms with Crippen LogP contribution >= 0.6 is 11.5 Å². The van der Waals surface area contributed by atoms with Gasteiger partial charge >= 0.3 is 0 Å². The van der Waals surface area contributed by atoms with Gasteiger partial charge in [0.15, 0.2) is 5.65 Å². The van der Waals surface area contributed by atoms with Crippen LogP contribution < -0.4 is 5.56 Å². The lowest BCUT2D eigenvalue weighted by molar-refractivity contribution is 0.939. The van der Waals surface area contributed by atoms with E-state index in [-0.39, 0.29) is 5.56 Å². The topological polar surface area (TPSA) is 58.6 Å². The van der Waals surface area contributed by atoms with Crippen molar-refractivity contribution in [3.05, 3.63) is 21.1 Å². The first kappa shape index (κ1) is 9.33. The predicted octanol–water partition coefficient (Wildman–Crippen LogP) is 1.50. The van der Waals surface area contributed by atoms with Crippen molar-refractivity contribution in [1.29, 1.82) is 0 Å². The zero-order valence-electron chi connectivity index (χ0n) is 8.13. The molecule has 0 aromatic carbocycles. The van der Waals surface area contributed by atoms with E-state index in [1.165, 1.54) is 11.5 Å². The van der Waals surface area contributed by atoms with Crippen molar-refractivity contribution in [1.82, 2.24) is 14.3 Å². The number of H-pyrrole nitrogens is 1. The van der Waals surface area contributed by atoms with Gasteiger partial charge in [0.2, 0.25) is 0 Å². The number of fused-ring (bicyclic) bond motifs is 1. The molecule has 0 saturated heterocycles. The number of aryl methyl sites for hydroxylation is 2. The molecule has 14 heavy (non-hydrogen) atoms.